The number of hydrogen-bond donors (Lipinski definition) is 0. The van der Waals surface area contributed by atoms with Crippen molar-refractivity contribution in [3.63, 3.8) is 0 Å². The Bertz CT molecular complexity index is 850. The molecule has 1 aromatic carbocycles. The Morgan fingerprint density at radius 3 is 1.78 bits per heavy atom. The van der Waals surface area contributed by atoms with Crippen LogP contribution >= 0.6 is 0 Å². The lowest BCUT2D eigenvalue weighted by atomic mass is 10.0. The number of fused-ring (bicyclic) bond motifs is 1. The summed E-state index contributed by atoms with van der Waals surface area (Å²) in [6, 6.07) is 22.4. The highest BCUT2D eigenvalue weighted by Gasteiger charge is 2.59. The van der Waals surface area contributed by atoms with E-state index in [1.165, 1.54) is 5.19 Å². The monoisotopic (exact) mass is 544 g/mol. The maximum atomic E-state index is 10.2. The molecule has 5 atom stereocenters. The van der Waals surface area contributed by atoms with Gasteiger partial charge in [-0.2, -0.15) is 5.26 Å². The lowest BCUT2D eigenvalue weighted by Gasteiger charge is -2.42. The molecule has 0 bridgehead atoms. The zero-order chi connectivity index (χ0) is 26.6. The van der Waals surface area contributed by atoms with E-state index in [9.17, 15) is 5.26 Å². The summed E-state index contributed by atoms with van der Waals surface area (Å²) >= 11 is 0. The number of rotatable bonds is 13. The predicted octanol–water partition coefficient (Wildman–Crippen LogP) is 7.12. The second-order valence-corrected chi connectivity index (χ2v) is 26.1. The van der Waals surface area contributed by atoms with Gasteiger partial charge in [0.15, 0.2) is 16.6 Å². The van der Waals surface area contributed by atoms with Crippen molar-refractivity contribution in [3.8, 4) is 6.07 Å². The number of hydrogen-bond acceptors (Lipinski definition) is 4. The fraction of sp³-hybridized carbons (Fsp3) is 0.759. The van der Waals surface area contributed by atoms with Gasteiger partial charge >= 0.3 is 0 Å². The van der Waals surface area contributed by atoms with Crippen LogP contribution in [-0.4, -0.2) is 59.9 Å². The van der Waals surface area contributed by atoms with Crippen molar-refractivity contribution in [3.05, 3.63) is 30.3 Å². The Balaban J connectivity index is 2.09. The van der Waals surface area contributed by atoms with Crippen LogP contribution < -0.4 is 5.19 Å². The summed E-state index contributed by atoms with van der Waals surface area (Å²) in [4.78, 5) is 2.60. The fourth-order valence-corrected chi connectivity index (χ4v) is 15.6. The van der Waals surface area contributed by atoms with Gasteiger partial charge in [-0.1, -0.05) is 90.2 Å². The van der Waals surface area contributed by atoms with Gasteiger partial charge in [0.1, 0.15) is 0 Å². The Kier molecular flexibility index (Phi) is 10.3. The average Bonchev–Trinajstić information content (AvgIpc) is 3.45. The molecule has 4 nitrogen and oxygen atoms in total. The highest BCUT2D eigenvalue weighted by Crippen LogP contribution is 2.46. The van der Waals surface area contributed by atoms with Gasteiger partial charge in [-0.15, -0.1) is 0 Å². The van der Waals surface area contributed by atoms with Crippen LogP contribution in [0.2, 0.25) is 55.4 Å². The standard InChI is InChI=1S/C29H52N2O2Si3/c1-9-35(10-2,11-3)32-28-26-21-20-24(22-30)31(26)27(29(28)33-36(12-4,13-5)14-6)23-34(7,8)25-18-16-15-17-19-25/h15-19,24,26-29H,9-14,20-21,23H2,1-8H3/t24?,26-,27-,28+,29-/m1/s1. The van der Waals surface area contributed by atoms with E-state index in [2.05, 4.69) is 95.9 Å². The number of benzene rings is 1. The molecule has 2 heterocycles. The average molecular weight is 545 g/mol. The quantitative estimate of drug-likeness (QED) is 0.248. The van der Waals surface area contributed by atoms with Crippen molar-refractivity contribution < 1.29 is 8.85 Å². The van der Waals surface area contributed by atoms with Crippen LogP contribution in [0.15, 0.2) is 30.3 Å². The summed E-state index contributed by atoms with van der Waals surface area (Å²) in [7, 11) is -5.47. The molecular formula is C29H52N2O2Si3. The van der Waals surface area contributed by atoms with Crippen molar-refractivity contribution in [1.82, 2.24) is 4.90 Å². The molecule has 7 heteroatoms. The minimum atomic E-state index is -1.87. The van der Waals surface area contributed by atoms with E-state index in [4.69, 9.17) is 8.85 Å². The van der Waals surface area contributed by atoms with Gasteiger partial charge in [0.2, 0.25) is 0 Å². The third-order valence-electron chi connectivity index (χ3n) is 10.0. The molecule has 3 rings (SSSR count). The van der Waals surface area contributed by atoms with Crippen molar-refractivity contribution in [2.75, 3.05) is 0 Å². The molecule has 0 saturated carbocycles. The first-order valence-electron chi connectivity index (χ1n) is 14.8. The van der Waals surface area contributed by atoms with Gasteiger partial charge in [-0.25, -0.2) is 0 Å². The molecule has 2 saturated heterocycles. The summed E-state index contributed by atoms with van der Waals surface area (Å²) < 4.78 is 14.9. The first-order chi connectivity index (χ1) is 17.2. The summed E-state index contributed by atoms with van der Waals surface area (Å²) in [6.45, 7) is 19.0. The van der Waals surface area contributed by atoms with Crippen LogP contribution in [0, 0.1) is 11.3 Å². The smallest absolute Gasteiger partial charge is 0.192 e. The molecule has 0 aromatic heterocycles. The maximum Gasteiger partial charge on any atom is 0.192 e. The summed E-state index contributed by atoms with van der Waals surface area (Å²) in [5.74, 6) is 0. The van der Waals surface area contributed by atoms with Crippen LogP contribution in [0.5, 0.6) is 0 Å². The first kappa shape index (κ1) is 29.8. The third kappa shape index (κ3) is 5.79. The normalized spacial score (nSPS) is 27.2. The zero-order valence-corrected chi connectivity index (χ0v) is 27.3. The SMILES string of the molecule is CC[Si](CC)(CC)O[C@@H]1[C@H](O[Si](CC)(CC)CC)[C@@H](C[Si](C)(C)c2ccccc2)N2C(C#N)CC[C@H]12. The second-order valence-electron chi connectivity index (χ2n) is 11.9. The Morgan fingerprint density at radius 2 is 1.31 bits per heavy atom. The molecule has 0 amide bonds. The summed E-state index contributed by atoms with van der Waals surface area (Å²) in [5.41, 5.74) is 0. The van der Waals surface area contributed by atoms with E-state index < -0.39 is 24.7 Å². The van der Waals surface area contributed by atoms with Crippen LogP contribution in [-0.2, 0) is 8.85 Å². The van der Waals surface area contributed by atoms with E-state index in [1.54, 1.807) is 0 Å². The summed E-state index contributed by atoms with van der Waals surface area (Å²) in [6.07, 6.45) is 2.23. The largest absolute Gasteiger partial charge is 0.410 e. The number of nitrogens with zero attached hydrogens (tertiary/aromatic N) is 2. The predicted molar refractivity (Wildman–Crippen MR) is 161 cm³/mol. The molecular weight excluding hydrogens is 493 g/mol. The Labute approximate surface area is 225 Å². The highest BCUT2D eigenvalue weighted by atomic mass is 28.4. The van der Waals surface area contributed by atoms with Gasteiger partial charge in [0, 0.05) is 12.1 Å². The molecule has 2 aliphatic heterocycles. The fourth-order valence-electron chi connectivity index (χ4n) is 7.03. The molecule has 2 fully saturated rings. The van der Waals surface area contributed by atoms with E-state index in [0.717, 1.165) is 55.2 Å². The van der Waals surface area contributed by atoms with Crippen LogP contribution in [0.4, 0.5) is 0 Å². The maximum absolute atomic E-state index is 10.2. The van der Waals surface area contributed by atoms with Gasteiger partial charge < -0.3 is 8.85 Å². The van der Waals surface area contributed by atoms with E-state index in [0.29, 0.717) is 6.04 Å². The molecule has 1 unspecified atom stereocenters. The van der Waals surface area contributed by atoms with Crippen molar-refractivity contribution in [2.45, 2.75) is 140 Å². The van der Waals surface area contributed by atoms with Gasteiger partial charge in [-0.05, 0) is 55.2 Å². The Hall–Kier alpha value is -0.759. The van der Waals surface area contributed by atoms with E-state index >= 15 is 0 Å². The zero-order valence-electron chi connectivity index (χ0n) is 24.3. The molecule has 1 aromatic rings. The van der Waals surface area contributed by atoms with Crippen molar-refractivity contribution in [2.24, 2.45) is 0 Å². The molecule has 0 spiro atoms. The molecule has 0 aliphatic carbocycles. The van der Waals surface area contributed by atoms with Gasteiger partial charge in [0.25, 0.3) is 0 Å². The van der Waals surface area contributed by atoms with Crippen LogP contribution in [0.25, 0.3) is 0 Å². The summed E-state index contributed by atoms with van der Waals surface area (Å²) in [5, 5.41) is 11.7. The highest BCUT2D eigenvalue weighted by molar-refractivity contribution is 6.90. The molecule has 202 valence electrons. The minimum absolute atomic E-state index is 0.0119. The Morgan fingerprint density at radius 1 is 0.806 bits per heavy atom. The third-order valence-corrected chi connectivity index (χ3v) is 22.6. The van der Waals surface area contributed by atoms with E-state index in [-0.39, 0.29) is 24.3 Å². The van der Waals surface area contributed by atoms with Crippen molar-refractivity contribution in [1.29, 1.82) is 5.26 Å². The first-order valence-corrected chi connectivity index (χ1v) is 23.0. The topological polar surface area (TPSA) is 45.5 Å². The van der Waals surface area contributed by atoms with Crippen LogP contribution in [0.3, 0.4) is 0 Å². The molecule has 0 N–H and O–H groups in total. The van der Waals surface area contributed by atoms with Gasteiger partial charge in [0.05, 0.1) is 32.4 Å². The van der Waals surface area contributed by atoms with Crippen molar-refractivity contribution >= 4 is 29.9 Å². The molecule has 0 radical (unpaired) electrons. The lowest BCUT2D eigenvalue weighted by Crippen LogP contribution is -2.55. The number of nitriles is 1. The van der Waals surface area contributed by atoms with Crippen LogP contribution in [0.1, 0.15) is 54.4 Å². The molecule has 2 aliphatic rings. The van der Waals surface area contributed by atoms with E-state index in [1.807, 2.05) is 0 Å². The lowest BCUT2D eigenvalue weighted by molar-refractivity contribution is 0.0469. The molecule has 36 heavy (non-hydrogen) atoms. The second kappa shape index (κ2) is 12.4. The van der Waals surface area contributed by atoms with Gasteiger partial charge in [-0.3, -0.25) is 4.90 Å². The minimum Gasteiger partial charge on any atom is -0.410 e.